The van der Waals surface area contributed by atoms with Crippen molar-refractivity contribution < 1.29 is 19.0 Å². The first kappa shape index (κ1) is 11.4. The lowest BCUT2D eigenvalue weighted by Crippen LogP contribution is -2.35. The van der Waals surface area contributed by atoms with Crippen molar-refractivity contribution in [1.82, 2.24) is 5.32 Å². The normalized spacial score (nSPS) is 27.3. The van der Waals surface area contributed by atoms with Gasteiger partial charge in [-0.3, -0.25) is 10.1 Å². The predicted molar refractivity (Wildman–Crippen MR) is 49.5 cm³/mol. The molecule has 1 aliphatic heterocycles. The Kier molecular flexibility index (Phi) is 4.86. The van der Waals surface area contributed by atoms with Crippen molar-refractivity contribution in [2.45, 2.75) is 32.2 Å². The Balaban J connectivity index is 2.14. The van der Waals surface area contributed by atoms with Crippen LogP contribution in [0.3, 0.4) is 0 Å². The number of esters is 1. The van der Waals surface area contributed by atoms with E-state index in [1.807, 2.05) is 7.05 Å². The fourth-order valence-corrected chi connectivity index (χ4v) is 1.34. The van der Waals surface area contributed by atoms with Gasteiger partial charge in [0.15, 0.2) is 6.29 Å². The van der Waals surface area contributed by atoms with Gasteiger partial charge in [0.05, 0.1) is 13.3 Å². The van der Waals surface area contributed by atoms with Crippen molar-refractivity contribution in [3.05, 3.63) is 0 Å². The van der Waals surface area contributed by atoms with Gasteiger partial charge in [-0.15, -0.1) is 0 Å². The second-order valence-corrected chi connectivity index (χ2v) is 3.24. The van der Waals surface area contributed by atoms with Crippen LogP contribution in [0.25, 0.3) is 0 Å². The molecule has 0 amide bonds. The summed E-state index contributed by atoms with van der Waals surface area (Å²) in [5.74, 6) is -0.256. The quantitative estimate of drug-likeness (QED) is 0.524. The molecule has 5 heteroatoms. The van der Waals surface area contributed by atoms with Crippen LogP contribution >= 0.6 is 0 Å². The Morgan fingerprint density at radius 2 is 2.36 bits per heavy atom. The third kappa shape index (κ3) is 4.04. The maximum Gasteiger partial charge on any atom is 0.302 e. The highest BCUT2D eigenvalue weighted by molar-refractivity contribution is 5.66. The summed E-state index contributed by atoms with van der Waals surface area (Å²) in [7, 11) is 1.81. The summed E-state index contributed by atoms with van der Waals surface area (Å²) in [6.07, 6.45) is 1.28. The zero-order valence-corrected chi connectivity index (χ0v) is 8.62. The molecule has 0 aromatic carbocycles. The first-order valence-electron chi connectivity index (χ1n) is 4.77. The average Bonchev–Trinajstić information content (AvgIpc) is 2.16. The van der Waals surface area contributed by atoms with E-state index < -0.39 is 0 Å². The minimum atomic E-state index is -0.256. The maximum atomic E-state index is 10.6. The molecule has 0 spiro atoms. The number of carbonyl (C=O) groups excluding carboxylic acids is 1. The highest BCUT2D eigenvalue weighted by Crippen LogP contribution is 2.16. The summed E-state index contributed by atoms with van der Waals surface area (Å²) in [4.78, 5) is 10.6. The summed E-state index contributed by atoms with van der Waals surface area (Å²) < 4.78 is 15.7. The van der Waals surface area contributed by atoms with Crippen LogP contribution in [-0.4, -0.2) is 38.7 Å². The number of hydrogen-bond acceptors (Lipinski definition) is 5. The SMILES string of the molecule is CNCOC1CCC(OC(C)=O)CO1. The lowest BCUT2D eigenvalue weighted by Gasteiger charge is -2.28. The highest BCUT2D eigenvalue weighted by atomic mass is 16.7. The van der Waals surface area contributed by atoms with Gasteiger partial charge in [0.2, 0.25) is 0 Å². The van der Waals surface area contributed by atoms with E-state index in [9.17, 15) is 4.79 Å². The van der Waals surface area contributed by atoms with Gasteiger partial charge in [-0.1, -0.05) is 0 Å². The Morgan fingerprint density at radius 1 is 1.57 bits per heavy atom. The maximum absolute atomic E-state index is 10.6. The van der Waals surface area contributed by atoms with E-state index in [0.717, 1.165) is 12.8 Å². The van der Waals surface area contributed by atoms with E-state index in [-0.39, 0.29) is 18.4 Å². The van der Waals surface area contributed by atoms with E-state index in [2.05, 4.69) is 5.32 Å². The van der Waals surface area contributed by atoms with Crippen LogP contribution in [0.5, 0.6) is 0 Å². The zero-order valence-electron chi connectivity index (χ0n) is 8.62. The highest BCUT2D eigenvalue weighted by Gasteiger charge is 2.23. The Morgan fingerprint density at radius 3 is 2.86 bits per heavy atom. The molecule has 82 valence electrons. The summed E-state index contributed by atoms with van der Waals surface area (Å²) >= 11 is 0. The topological polar surface area (TPSA) is 56.8 Å². The van der Waals surface area contributed by atoms with Crippen molar-refractivity contribution in [3.63, 3.8) is 0 Å². The van der Waals surface area contributed by atoms with Gasteiger partial charge >= 0.3 is 5.97 Å². The Labute approximate surface area is 83.7 Å². The van der Waals surface area contributed by atoms with Crippen molar-refractivity contribution in [3.8, 4) is 0 Å². The molecule has 1 heterocycles. The molecule has 2 atom stereocenters. The Bertz CT molecular complexity index is 178. The molecule has 1 N–H and O–H groups in total. The molecular weight excluding hydrogens is 186 g/mol. The van der Waals surface area contributed by atoms with E-state index in [0.29, 0.717) is 13.3 Å². The van der Waals surface area contributed by atoms with Crippen LogP contribution in [0.1, 0.15) is 19.8 Å². The number of hydrogen-bond donors (Lipinski definition) is 1. The smallest absolute Gasteiger partial charge is 0.302 e. The summed E-state index contributed by atoms with van der Waals surface area (Å²) in [5.41, 5.74) is 0. The van der Waals surface area contributed by atoms with E-state index in [4.69, 9.17) is 14.2 Å². The molecule has 0 aromatic heterocycles. The fraction of sp³-hybridized carbons (Fsp3) is 0.889. The van der Waals surface area contributed by atoms with Crippen LogP contribution in [0.2, 0.25) is 0 Å². The number of ether oxygens (including phenoxy) is 3. The zero-order chi connectivity index (χ0) is 10.4. The molecule has 0 aliphatic carbocycles. The van der Waals surface area contributed by atoms with Gasteiger partial charge in [0.25, 0.3) is 0 Å². The van der Waals surface area contributed by atoms with Crippen molar-refractivity contribution >= 4 is 5.97 Å². The molecule has 0 saturated carbocycles. The molecule has 0 radical (unpaired) electrons. The first-order valence-corrected chi connectivity index (χ1v) is 4.77. The lowest BCUT2D eigenvalue weighted by atomic mass is 10.1. The van der Waals surface area contributed by atoms with Crippen LogP contribution in [-0.2, 0) is 19.0 Å². The molecular formula is C9H17NO4. The first-order chi connectivity index (χ1) is 6.72. The van der Waals surface area contributed by atoms with Crippen molar-refractivity contribution in [1.29, 1.82) is 0 Å². The molecule has 1 rings (SSSR count). The van der Waals surface area contributed by atoms with Gasteiger partial charge in [0, 0.05) is 13.3 Å². The predicted octanol–water partition coefficient (Wildman–Crippen LogP) is 0.248. The third-order valence-electron chi connectivity index (χ3n) is 1.94. The standard InChI is InChI=1S/C9H17NO4/c1-7(11)14-8-3-4-9(12-5-8)13-6-10-2/h8-10H,3-6H2,1-2H3. The molecule has 2 unspecified atom stereocenters. The van der Waals surface area contributed by atoms with Crippen molar-refractivity contribution in [2.24, 2.45) is 0 Å². The Hall–Kier alpha value is -0.650. The van der Waals surface area contributed by atoms with Gasteiger partial charge in [-0.05, 0) is 13.5 Å². The van der Waals surface area contributed by atoms with Crippen LogP contribution in [0, 0.1) is 0 Å². The van der Waals surface area contributed by atoms with Crippen LogP contribution in [0.4, 0.5) is 0 Å². The number of carbonyl (C=O) groups is 1. The minimum absolute atomic E-state index is 0.109. The third-order valence-corrected chi connectivity index (χ3v) is 1.94. The molecule has 0 bridgehead atoms. The molecule has 1 saturated heterocycles. The molecule has 0 aromatic rings. The van der Waals surface area contributed by atoms with E-state index in [1.54, 1.807) is 0 Å². The monoisotopic (exact) mass is 203 g/mol. The number of nitrogens with one attached hydrogen (secondary N) is 1. The van der Waals surface area contributed by atoms with Crippen molar-refractivity contribution in [2.75, 3.05) is 20.4 Å². The second-order valence-electron chi connectivity index (χ2n) is 3.24. The molecule has 1 fully saturated rings. The molecule has 5 nitrogen and oxygen atoms in total. The van der Waals surface area contributed by atoms with Crippen LogP contribution in [0.15, 0.2) is 0 Å². The molecule has 1 aliphatic rings. The van der Waals surface area contributed by atoms with Gasteiger partial charge in [0.1, 0.15) is 6.10 Å². The summed E-state index contributed by atoms with van der Waals surface area (Å²) in [6.45, 7) is 2.31. The average molecular weight is 203 g/mol. The van der Waals surface area contributed by atoms with E-state index in [1.165, 1.54) is 6.92 Å². The second kappa shape index (κ2) is 5.95. The lowest BCUT2D eigenvalue weighted by molar-refractivity contribution is -0.199. The summed E-state index contributed by atoms with van der Waals surface area (Å²) in [6, 6.07) is 0. The number of rotatable bonds is 4. The summed E-state index contributed by atoms with van der Waals surface area (Å²) in [5, 5.41) is 2.87. The van der Waals surface area contributed by atoms with Gasteiger partial charge < -0.3 is 14.2 Å². The minimum Gasteiger partial charge on any atom is -0.460 e. The van der Waals surface area contributed by atoms with Crippen LogP contribution < -0.4 is 5.32 Å². The largest absolute Gasteiger partial charge is 0.460 e. The van der Waals surface area contributed by atoms with Gasteiger partial charge in [-0.25, -0.2) is 0 Å². The fourth-order valence-electron chi connectivity index (χ4n) is 1.34. The molecule has 14 heavy (non-hydrogen) atoms. The van der Waals surface area contributed by atoms with E-state index >= 15 is 0 Å². The van der Waals surface area contributed by atoms with Gasteiger partial charge in [-0.2, -0.15) is 0 Å².